The first-order valence-corrected chi connectivity index (χ1v) is 8.59. The second kappa shape index (κ2) is 7.43. The Hall–Kier alpha value is -3.81. The van der Waals surface area contributed by atoms with Crippen LogP contribution in [-0.4, -0.2) is 29.8 Å². The first-order chi connectivity index (χ1) is 13.6. The SMILES string of the molecule is COc1ccccc1Nc1cc(C(=O)Nc2ccc3c(c2)OCO3)nc(C)n1. The highest BCUT2D eigenvalue weighted by Crippen LogP contribution is 2.34. The molecule has 2 aromatic carbocycles. The number of carbonyl (C=O) groups is 1. The average Bonchev–Trinajstić information content (AvgIpc) is 3.16. The molecule has 0 fully saturated rings. The van der Waals surface area contributed by atoms with E-state index in [0.29, 0.717) is 34.6 Å². The summed E-state index contributed by atoms with van der Waals surface area (Å²) in [4.78, 5) is 21.3. The fourth-order valence-electron chi connectivity index (χ4n) is 2.80. The number of hydrogen-bond donors (Lipinski definition) is 2. The lowest BCUT2D eigenvalue weighted by atomic mass is 10.2. The van der Waals surface area contributed by atoms with Gasteiger partial charge in [0, 0.05) is 17.8 Å². The second-order valence-corrected chi connectivity index (χ2v) is 6.03. The summed E-state index contributed by atoms with van der Waals surface area (Å²) in [7, 11) is 1.59. The fraction of sp³-hybridized carbons (Fsp3) is 0.150. The van der Waals surface area contributed by atoms with Crippen LogP contribution in [-0.2, 0) is 0 Å². The van der Waals surface area contributed by atoms with Gasteiger partial charge in [-0.1, -0.05) is 12.1 Å². The van der Waals surface area contributed by atoms with Crippen LogP contribution in [0.1, 0.15) is 16.3 Å². The van der Waals surface area contributed by atoms with Crippen molar-refractivity contribution in [2.24, 2.45) is 0 Å². The van der Waals surface area contributed by atoms with E-state index in [2.05, 4.69) is 20.6 Å². The molecule has 3 aromatic rings. The second-order valence-electron chi connectivity index (χ2n) is 6.03. The van der Waals surface area contributed by atoms with Crippen LogP contribution in [0.15, 0.2) is 48.5 Å². The van der Waals surface area contributed by atoms with E-state index < -0.39 is 0 Å². The molecule has 4 rings (SSSR count). The third kappa shape index (κ3) is 3.66. The molecule has 0 spiro atoms. The average molecular weight is 378 g/mol. The van der Waals surface area contributed by atoms with Gasteiger partial charge in [0.05, 0.1) is 12.8 Å². The van der Waals surface area contributed by atoms with Crippen LogP contribution in [0.3, 0.4) is 0 Å². The number of methoxy groups -OCH3 is 1. The summed E-state index contributed by atoms with van der Waals surface area (Å²) < 4.78 is 15.9. The molecule has 2 heterocycles. The van der Waals surface area contributed by atoms with Crippen LogP contribution in [0.2, 0.25) is 0 Å². The molecule has 1 amide bonds. The van der Waals surface area contributed by atoms with Crippen LogP contribution >= 0.6 is 0 Å². The number of carbonyl (C=O) groups excluding carboxylic acids is 1. The molecule has 0 bridgehead atoms. The summed E-state index contributed by atoms with van der Waals surface area (Å²) in [5.74, 6) is 2.52. The normalized spacial score (nSPS) is 11.8. The molecule has 0 aliphatic carbocycles. The number of aryl methyl sites for hydroxylation is 1. The lowest BCUT2D eigenvalue weighted by molar-refractivity contribution is 0.102. The molecular weight excluding hydrogens is 360 g/mol. The monoisotopic (exact) mass is 378 g/mol. The molecule has 1 aliphatic rings. The van der Waals surface area contributed by atoms with Crippen molar-refractivity contribution in [1.29, 1.82) is 0 Å². The minimum Gasteiger partial charge on any atom is -0.495 e. The van der Waals surface area contributed by atoms with Gasteiger partial charge in [0.25, 0.3) is 5.91 Å². The largest absolute Gasteiger partial charge is 0.495 e. The number of nitrogens with one attached hydrogen (secondary N) is 2. The Morgan fingerprint density at radius 1 is 1.07 bits per heavy atom. The lowest BCUT2D eigenvalue weighted by Crippen LogP contribution is -2.15. The van der Waals surface area contributed by atoms with E-state index in [1.54, 1.807) is 38.3 Å². The predicted molar refractivity (Wildman–Crippen MR) is 104 cm³/mol. The van der Waals surface area contributed by atoms with Gasteiger partial charge >= 0.3 is 0 Å². The lowest BCUT2D eigenvalue weighted by Gasteiger charge is -2.12. The number of para-hydroxylation sites is 2. The number of anilines is 3. The Balaban J connectivity index is 1.55. The molecule has 0 saturated carbocycles. The van der Waals surface area contributed by atoms with Gasteiger partial charge in [0.1, 0.15) is 23.1 Å². The standard InChI is InChI=1S/C20H18N4O4/c1-12-21-15(10-19(22-12)24-14-5-3-4-6-16(14)26-2)20(25)23-13-7-8-17-18(9-13)28-11-27-17/h3-10H,11H2,1-2H3,(H,23,25)(H,21,22,24). The van der Waals surface area contributed by atoms with Crippen molar-refractivity contribution in [2.45, 2.75) is 6.92 Å². The number of ether oxygens (including phenoxy) is 3. The minimum absolute atomic E-state index is 0.176. The number of amides is 1. The summed E-state index contributed by atoms with van der Waals surface area (Å²) in [6, 6.07) is 14.2. The molecule has 142 valence electrons. The van der Waals surface area contributed by atoms with Crippen molar-refractivity contribution in [3.8, 4) is 17.2 Å². The fourth-order valence-corrected chi connectivity index (χ4v) is 2.80. The van der Waals surface area contributed by atoms with Crippen molar-refractivity contribution in [3.63, 3.8) is 0 Å². The number of aromatic nitrogens is 2. The van der Waals surface area contributed by atoms with E-state index in [9.17, 15) is 4.79 Å². The number of benzene rings is 2. The number of nitrogens with zero attached hydrogens (tertiary/aromatic N) is 2. The first kappa shape index (κ1) is 17.6. The van der Waals surface area contributed by atoms with Gasteiger partial charge in [-0.3, -0.25) is 4.79 Å². The quantitative estimate of drug-likeness (QED) is 0.701. The number of rotatable bonds is 5. The van der Waals surface area contributed by atoms with Gasteiger partial charge in [-0.2, -0.15) is 0 Å². The highest BCUT2D eigenvalue weighted by molar-refractivity contribution is 6.03. The van der Waals surface area contributed by atoms with Crippen molar-refractivity contribution < 1.29 is 19.0 Å². The summed E-state index contributed by atoms with van der Waals surface area (Å²) >= 11 is 0. The van der Waals surface area contributed by atoms with Crippen LogP contribution in [0.5, 0.6) is 17.2 Å². The van der Waals surface area contributed by atoms with Crippen molar-refractivity contribution >= 4 is 23.1 Å². The Morgan fingerprint density at radius 3 is 2.75 bits per heavy atom. The zero-order chi connectivity index (χ0) is 19.5. The topological polar surface area (TPSA) is 94.6 Å². The van der Waals surface area contributed by atoms with Crippen LogP contribution in [0.4, 0.5) is 17.2 Å². The van der Waals surface area contributed by atoms with Crippen molar-refractivity contribution in [1.82, 2.24) is 9.97 Å². The van der Waals surface area contributed by atoms with Crippen LogP contribution < -0.4 is 24.8 Å². The maximum atomic E-state index is 12.7. The van der Waals surface area contributed by atoms with Crippen molar-refractivity contribution in [2.75, 3.05) is 24.5 Å². The van der Waals surface area contributed by atoms with Gasteiger partial charge in [-0.05, 0) is 31.2 Å². The van der Waals surface area contributed by atoms with Crippen molar-refractivity contribution in [3.05, 3.63) is 60.0 Å². The first-order valence-electron chi connectivity index (χ1n) is 8.59. The van der Waals surface area contributed by atoms with Crippen LogP contribution in [0, 0.1) is 6.92 Å². The van der Waals surface area contributed by atoms with Crippen LogP contribution in [0.25, 0.3) is 0 Å². The van der Waals surface area contributed by atoms with Gasteiger partial charge in [-0.25, -0.2) is 9.97 Å². The Kier molecular flexibility index (Phi) is 4.67. The molecule has 8 nitrogen and oxygen atoms in total. The van der Waals surface area contributed by atoms with E-state index in [0.717, 1.165) is 5.69 Å². The van der Waals surface area contributed by atoms with Gasteiger partial charge in [-0.15, -0.1) is 0 Å². The minimum atomic E-state index is -0.354. The highest BCUT2D eigenvalue weighted by Gasteiger charge is 2.16. The number of hydrogen-bond acceptors (Lipinski definition) is 7. The summed E-state index contributed by atoms with van der Waals surface area (Å²) in [5, 5.41) is 5.98. The maximum absolute atomic E-state index is 12.7. The van der Waals surface area contributed by atoms with E-state index in [4.69, 9.17) is 14.2 Å². The smallest absolute Gasteiger partial charge is 0.274 e. The Labute approximate surface area is 161 Å². The van der Waals surface area contributed by atoms with E-state index in [1.807, 2.05) is 24.3 Å². The summed E-state index contributed by atoms with van der Waals surface area (Å²) in [5.41, 5.74) is 1.57. The summed E-state index contributed by atoms with van der Waals surface area (Å²) in [6.45, 7) is 1.90. The highest BCUT2D eigenvalue weighted by atomic mass is 16.7. The Morgan fingerprint density at radius 2 is 1.89 bits per heavy atom. The molecule has 1 aromatic heterocycles. The molecule has 1 aliphatic heterocycles. The third-order valence-electron chi connectivity index (χ3n) is 4.07. The molecule has 2 N–H and O–H groups in total. The predicted octanol–water partition coefficient (Wildman–Crippen LogP) is 3.52. The molecule has 0 atom stereocenters. The summed E-state index contributed by atoms with van der Waals surface area (Å²) in [6.07, 6.45) is 0. The Bertz CT molecular complexity index is 1040. The molecule has 0 unspecified atom stereocenters. The zero-order valence-corrected chi connectivity index (χ0v) is 15.4. The molecular formula is C20H18N4O4. The molecule has 0 radical (unpaired) electrons. The maximum Gasteiger partial charge on any atom is 0.274 e. The molecule has 0 saturated heterocycles. The van der Waals surface area contributed by atoms with Gasteiger partial charge < -0.3 is 24.8 Å². The number of fused-ring (bicyclic) bond motifs is 1. The van der Waals surface area contributed by atoms with E-state index in [1.165, 1.54) is 0 Å². The zero-order valence-electron chi connectivity index (χ0n) is 15.4. The van der Waals surface area contributed by atoms with E-state index in [-0.39, 0.29) is 18.4 Å². The molecule has 8 heteroatoms. The molecule has 28 heavy (non-hydrogen) atoms. The van der Waals surface area contributed by atoms with Gasteiger partial charge in [0.2, 0.25) is 6.79 Å². The van der Waals surface area contributed by atoms with Gasteiger partial charge in [0.15, 0.2) is 11.5 Å². The van der Waals surface area contributed by atoms with E-state index >= 15 is 0 Å². The third-order valence-corrected chi connectivity index (χ3v) is 4.07.